The molecule has 1 aromatic carbocycles. The summed E-state index contributed by atoms with van der Waals surface area (Å²) in [5, 5.41) is 2.53. The second kappa shape index (κ2) is 6.08. The Labute approximate surface area is 104 Å². The molecule has 1 N–H and O–H groups in total. The van der Waals surface area contributed by atoms with Gasteiger partial charge in [-0.2, -0.15) is 0 Å². The van der Waals surface area contributed by atoms with Gasteiger partial charge >= 0.3 is 0 Å². The smallest absolute Gasteiger partial charge is 0.161 e. The summed E-state index contributed by atoms with van der Waals surface area (Å²) in [6, 6.07) is 1.15. The van der Waals surface area contributed by atoms with E-state index in [4.69, 9.17) is 0 Å². The quantitative estimate of drug-likeness (QED) is 0.643. The highest BCUT2D eigenvalue weighted by atomic mass is 32.2. The fourth-order valence-corrected chi connectivity index (χ4v) is 2.19. The summed E-state index contributed by atoms with van der Waals surface area (Å²) in [6.07, 6.45) is 0.272. The number of rotatable bonds is 6. The van der Waals surface area contributed by atoms with Gasteiger partial charge in [0.15, 0.2) is 11.6 Å². The Morgan fingerprint density at radius 2 is 1.72 bits per heavy atom. The molecule has 18 heavy (non-hydrogen) atoms. The van der Waals surface area contributed by atoms with Crippen LogP contribution in [-0.2, 0) is 9.84 Å². The zero-order valence-corrected chi connectivity index (χ0v) is 10.7. The molecule has 3 nitrogen and oxygen atoms in total. The van der Waals surface area contributed by atoms with Crippen LogP contribution in [0.5, 0.6) is 0 Å². The first-order chi connectivity index (χ1) is 8.35. The molecule has 102 valence electrons. The molecule has 0 saturated carbocycles. The molecule has 0 aliphatic rings. The molecule has 0 atom stereocenters. The summed E-state index contributed by atoms with van der Waals surface area (Å²) in [6.45, 7) is 1.71. The average molecular weight is 281 g/mol. The van der Waals surface area contributed by atoms with Gasteiger partial charge in [-0.25, -0.2) is 21.6 Å². The first-order valence-electron chi connectivity index (χ1n) is 5.44. The Morgan fingerprint density at radius 1 is 1.11 bits per heavy atom. The molecule has 0 saturated heterocycles. The van der Waals surface area contributed by atoms with Crippen LogP contribution in [0.25, 0.3) is 0 Å². The van der Waals surface area contributed by atoms with E-state index in [1.807, 2.05) is 0 Å². The molecule has 7 heteroatoms. The molecule has 0 aliphatic heterocycles. The standard InChI is InChI=1S/C11H14F3NO2S/c1-2-18(16,17)5-3-4-15-11-7-9(13)8(12)6-10(11)14/h6-7,15H,2-5H2,1H3. The Balaban J connectivity index is 2.52. The van der Waals surface area contributed by atoms with E-state index in [0.29, 0.717) is 12.1 Å². The van der Waals surface area contributed by atoms with Crippen molar-refractivity contribution in [1.82, 2.24) is 0 Å². The summed E-state index contributed by atoms with van der Waals surface area (Å²) in [4.78, 5) is 0. The summed E-state index contributed by atoms with van der Waals surface area (Å²) in [5.41, 5.74) is -0.178. The second-order valence-electron chi connectivity index (χ2n) is 3.76. The minimum atomic E-state index is -3.07. The van der Waals surface area contributed by atoms with Crippen LogP contribution in [0.2, 0.25) is 0 Å². The van der Waals surface area contributed by atoms with Crippen molar-refractivity contribution in [1.29, 1.82) is 0 Å². The van der Waals surface area contributed by atoms with E-state index in [-0.39, 0.29) is 30.2 Å². The third kappa shape index (κ3) is 4.21. The Bertz CT molecular complexity index is 517. The van der Waals surface area contributed by atoms with E-state index >= 15 is 0 Å². The predicted octanol–water partition coefficient (Wildman–Crippen LogP) is 2.34. The van der Waals surface area contributed by atoms with Gasteiger partial charge in [-0.1, -0.05) is 6.92 Å². The molecule has 0 amide bonds. The molecule has 0 aromatic heterocycles. The van der Waals surface area contributed by atoms with E-state index in [0.717, 1.165) is 0 Å². The van der Waals surface area contributed by atoms with Crippen molar-refractivity contribution in [2.24, 2.45) is 0 Å². The summed E-state index contributed by atoms with van der Waals surface area (Å²) < 4.78 is 61.0. The van der Waals surface area contributed by atoms with Crippen molar-refractivity contribution < 1.29 is 21.6 Å². The maximum absolute atomic E-state index is 13.2. The summed E-state index contributed by atoms with van der Waals surface area (Å²) in [5.74, 6) is -3.30. The van der Waals surface area contributed by atoms with Gasteiger partial charge in [-0.15, -0.1) is 0 Å². The molecule has 0 fully saturated rings. The van der Waals surface area contributed by atoms with E-state index in [1.54, 1.807) is 0 Å². The fraction of sp³-hybridized carbons (Fsp3) is 0.455. The highest BCUT2D eigenvalue weighted by Gasteiger charge is 2.10. The third-order valence-corrected chi connectivity index (χ3v) is 4.19. The monoisotopic (exact) mass is 281 g/mol. The third-order valence-electron chi connectivity index (χ3n) is 2.40. The van der Waals surface area contributed by atoms with Crippen LogP contribution in [-0.4, -0.2) is 26.5 Å². The van der Waals surface area contributed by atoms with Gasteiger partial charge < -0.3 is 5.32 Å². The summed E-state index contributed by atoms with van der Waals surface area (Å²) >= 11 is 0. The Hall–Kier alpha value is -1.24. The zero-order chi connectivity index (χ0) is 13.8. The number of hydrogen-bond acceptors (Lipinski definition) is 3. The van der Waals surface area contributed by atoms with Crippen molar-refractivity contribution >= 4 is 15.5 Å². The average Bonchev–Trinajstić information content (AvgIpc) is 2.31. The number of benzene rings is 1. The van der Waals surface area contributed by atoms with E-state index in [9.17, 15) is 21.6 Å². The SMILES string of the molecule is CCS(=O)(=O)CCCNc1cc(F)c(F)cc1F. The molecule has 0 bridgehead atoms. The fourth-order valence-electron chi connectivity index (χ4n) is 1.32. The molecular formula is C11H14F3NO2S. The number of nitrogens with one attached hydrogen (secondary N) is 1. The number of halogens is 3. The minimum Gasteiger partial charge on any atom is -0.383 e. The van der Waals surface area contributed by atoms with Gasteiger partial charge in [0, 0.05) is 24.4 Å². The van der Waals surface area contributed by atoms with Crippen LogP contribution in [0.4, 0.5) is 18.9 Å². The number of sulfone groups is 1. The van der Waals surface area contributed by atoms with Gasteiger partial charge in [-0.05, 0) is 6.42 Å². The molecular weight excluding hydrogens is 267 g/mol. The van der Waals surface area contributed by atoms with Gasteiger partial charge in [0.25, 0.3) is 0 Å². The van der Waals surface area contributed by atoms with Gasteiger partial charge in [0.05, 0.1) is 11.4 Å². The molecule has 1 aromatic rings. The topological polar surface area (TPSA) is 46.2 Å². The lowest BCUT2D eigenvalue weighted by molar-refractivity contribution is 0.496. The lowest BCUT2D eigenvalue weighted by atomic mass is 10.2. The first kappa shape index (κ1) is 14.8. The molecule has 0 heterocycles. The van der Waals surface area contributed by atoms with Crippen LogP contribution in [0.15, 0.2) is 12.1 Å². The van der Waals surface area contributed by atoms with Crippen LogP contribution in [0, 0.1) is 17.5 Å². The lowest BCUT2D eigenvalue weighted by Gasteiger charge is -2.08. The zero-order valence-electron chi connectivity index (χ0n) is 9.84. The van der Waals surface area contributed by atoms with Gasteiger partial charge in [0.2, 0.25) is 0 Å². The van der Waals surface area contributed by atoms with Crippen LogP contribution < -0.4 is 5.32 Å². The number of hydrogen-bond donors (Lipinski definition) is 1. The van der Waals surface area contributed by atoms with Crippen LogP contribution in [0.3, 0.4) is 0 Å². The van der Waals surface area contributed by atoms with Crippen LogP contribution in [0.1, 0.15) is 13.3 Å². The molecule has 0 spiro atoms. The second-order valence-corrected chi connectivity index (χ2v) is 6.24. The maximum atomic E-state index is 13.2. The highest BCUT2D eigenvalue weighted by molar-refractivity contribution is 7.91. The minimum absolute atomic E-state index is 0.0260. The van der Waals surface area contributed by atoms with Crippen molar-refractivity contribution in [3.05, 3.63) is 29.6 Å². The lowest BCUT2D eigenvalue weighted by Crippen LogP contribution is -2.13. The molecule has 0 aliphatic carbocycles. The molecule has 0 unspecified atom stereocenters. The largest absolute Gasteiger partial charge is 0.383 e. The number of anilines is 1. The first-order valence-corrected chi connectivity index (χ1v) is 7.26. The maximum Gasteiger partial charge on any atom is 0.161 e. The Morgan fingerprint density at radius 3 is 2.33 bits per heavy atom. The van der Waals surface area contributed by atoms with Crippen LogP contribution >= 0.6 is 0 Å². The van der Waals surface area contributed by atoms with E-state index < -0.39 is 27.3 Å². The van der Waals surface area contributed by atoms with Crippen molar-refractivity contribution in [2.45, 2.75) is 13.3 Å². The van der Waals surface area contributed by atoms with Crippen molar-refractivity contribution in [2.75, 3.05) is 23.4 Å². The highest BCUT2D eigenvalue weighted by Crippen LogP contribution is 2.18. The van der Waals surface area contributed by atoms with Crippen molar-refractivity contribution in [3.63, 3.8) is 0 Å². The van der Waals surface area contributed by atoms with Crippen molar-refractivity contribution in [3.8, 4) is 0 Å². The predicted molar refractivity (Wildman–Crippen MR) is 63.8 cm³/mol. The van der Waals surface area contributed by atoms with Gasteiger partial charge in [0.1, 0.15) is 15.7 Å². The van der Waals surface area contributed by atoms with E-state index in [2.05, 4.69) is 5.32 Å². The Kier molecular flexibility index (Phi) is 5.01. The van der Waals surface area contributed by atoms with Gasteiger partial charge in [-0.3, -0.25) is 0 Å². The van der Waals surface area contributed by atoms with E-state index in [1.165, 1.54) is 6.92 Å². The molecule has 0 radical (unpaired) electrons. The molecule has 1 rings (SSSR count). The normalized spacial score (nSPS) is 11.6. The summed E-state index contributed by atoms with van der Waals surface area (Å²) in [7, 11) is -3.07.